The second-order valence-corrected chi connectivity index (χ2v) is 8.36. The number of hydrogen-bond acceptors (Lipinski definition) is 4. The molecule has 122 valence electrons. The standard InChI is InChI=1S/C14H25NO5S/c1-4-11(5-2)15-13(18)10(3)21(19,20)9-14(6-7-14)8-12(16)17/h10-11H,4-9H2,1-3H3,(H,15,18)(H,16,17). The van der Waals surface area contributed by atoms with Crippen molar-refractivity contribution in [2.45, 2.75) is 64.2 Å². The predicted octanol–water partition coefficient (Wildman–Crippen LogP) is 1.35. The van der Waals surface area contributed by atoms with Crippen LogP contribution in [0.3, 0.4) is 0 Å². The third-order valence-electron chi connectivity index (χ3n) is 4.23. The van der Waals surface area contributed by atoms with E-state index in [1.807, 2.05) is 13.8 Å². The van der Waals surface area contributed by atoms with Crippen molar-refractivity contribution in [2.75, 3.05) is 5.75 Å². The molecule has 0 aromatic carbocycles. The molecule has 6 nitrogen and oxygen atoms in total. The fourth-order valence-electron chi connectivity index (χ4n) is 2.40. The summed E-state index contributed by atoms with van der Waals surface area (Å²) < 4.78 is 24.6. The summed E-state index contributed by atoms with van der Waals surface area (Å²) in [6.07, 6.45) is 2.54. The first-order valence-corrected chi connectivity index (χ1v) is 9.11. The summed E-state index contributed by atoms with van der Waals surface area (Å²) in [7, 11) is -3.64. The van der Waals surface area contributed by atoms with Crippen molar-refractivity contribution in [2.24, 2.45) is 5.41 Å². The van der Waals surface area contributed by atoms with Gasteiger partial charge in [-0.2, -0.15) is 0 Å². The van der Waals surface area contributed by atoms with E-state index in [1.165, 1.54) is 6.92 Å². The van der Waals surface area contributed by atoms with Crippen molar-refractivity contribution in [3.8, 4) is 0 Å². The summed E-state index contributed by atoms with van der Waals surface area (Å²) in [5, 5.41) is 10.4. The summed E-state index contributed by atoms with van der Waals surface area (Å²) >= 11 is 0. The Balaban J connectivity index is 2.69. The Labute approximate surface area is 126 Å². The van der Waals surface area contributed by atoms with E-state index in [4.69, 9.17) is 5.11 Å². The molecule has 7 heteroatoms. The van der Waals surface area contributed by atoms with Crippen LogP contribution in [0.1, 0.15) is 52.9 Å². The second-order valence-electron chi connectivity index (χ2n) is 6.04. The molecule has 1 aliphatic carbocycles. The molecule has 2 N–H and O–H groups in total. The first kappa shape index (κ1) is 17.9. The minimum absolute atomic E-state index is 0.0240. The van der Waals surface area contributed by atoms with E-state index < -0.39 is 32.4 Å². The van der Waals surface area contributed by atoms with E-state index in [9.17, 15) is 18.0 Å². The van der Waals surface area contributed by atoms with Gasteiger partial charge in [-0.25, -0.2) is 8.42 Å². The monoisotopic (exact) mass is 319 g/mol. The van der Waals surface area contributed by atoms with Crippen molar-refractivity contribution in [1.29, 1.82) is 0 Å². The highest BCUT2D eigenvalue weighted by Gasteiger charge is 2.49. The number of hydrogen-bond donors (Lipinski definition) is 2. The molecule has 1 unspecified atom stereocenters. The summed E-state index contributed by atoms with van der Waals surface area (Å²) in [5.74, 6) is -1.70. The summed E-state index contributed by atoms with van der Waals surface area (Å²) in [6.45, 7) is 5.24. The average molecular weight is 319 g/mol. The molecule has 0 saturated heterocycles. The zero-order valence-corrected chi connectivity index (χ0v) is 13.7. The van der Waals surface area contributed by atoms with Gasteiger partial charge < -0.3 is 10.4 Å². The van der Waals surface area contributed by atoms with E-state index >= 15 is 0 Å². The molecule has 1 aliphatic rings. The Hall–Kier alpha value is -1.11. The maximum Gasteiger partial charge on any atom is 0.303 e. The molecule has 1 rings (SSSR count). The van der Waals surface area contributed by atoms with Crippen LogP contribution in [0.25, 0.3) is 0 Å². The maximum atomic E-state index is 12.3. The van der Waals surface area contributed by atoms with Crippen molar-refractivity contribution in [1.82, 2.24) is 5.32 Å². The third kappa shape index (κ3) is 4.98. The fraction of sp³-hybridized carbons (Fsp3) is 0.857. The smallest absolute Gasteiger partial charge is 0.303 e. The molecule has 0 bridgehead atoms. The van der Waals surface area contributed by atoms with E-state index in [2.05, 4.69) is 5.32 Å². The zero-order valence-electron chi connectivity index (χ0n) is 12.9. The third-order valence-corrected chi connectivity index (χ3v) is 6.54. The van der Waals surface area contributed by atoms with Crippen molar-refractivity contribution < 1.29 is 23.1 Å². The molecule has 0 spiro atoms. The van der Waals surface area contributed by atoms with Gasteiger partial charge in [-0.05, 0) is 38.0 Å². The molecule has 1 fully saturated rings. The highest BCUT2D eigenvalue weighted by molar-refractivity contribution is 7.92. The summed E-state index contributed by atoms with van der Waals surface area (Å²) in [6, 6.07) is -0.0240. The zero-order chi connectivity index (χ0) is 16.3. The number of carboxylic acids is 1. The van der Waals surface area contributed by atoms with Crippen LogP contribution in [-0.4, -0.2) is 42.4 Å². The molecule has 1 amide bonds. The lowest BCUT2D eigenvalue weighted by Gasteiger charge is -2.20. The largest absolute Gasteiger partial charge is 0.481 e. The Kier molecular flexibility index (Phi) is 5.78. The van der Waals surface area contributed by atoms with Crippen molar-refractivity contribution >= 4 is 21.7 Å². The minimum Gasteiger partial charge on any atom is -0.481 e. The van der Waals surface area contributed by atoms with Gasteiger partial charge in [0.25, 0.3) is 0 Å². The van der Waals surface area contributed by atoms with Crippen molar-refractivity contribution in [3.05, 3.63) is 0 Å². The maximum absolute atomic E-state index is 12.3. The normalized spacial score (nSPS) is 18.3. The quantitative estimate of drug-likeness (QED) is 0.668. The Morgan fingerprint density at radius 3 is 2.14 bits per heavy atom. The molecule has 0 aromatic heterocycles. The van der Waals surface area contributed by atoms with Gasteiger partial charge in [0.05, 0.1) is 12.2 Å². The number of nitrogens with one attached hydrogen (secondary N) is 1. The number of carboxylic acid groups (broad SMARTS) is 1. The summed E-state index contributed by atoms with van der Waals surface area (Å²) in [4.78, 5) is 22.8. The predicted molar refractivity (Wildman–Crippen MR) is 79.7 cm³/mol. The average Bonchev–Trinajstić information content (AvgIpc) is 3.11. The second kappa shape index (κ2) is 6.77. The van der Waals surface area contributed by atoms with Crippen LogP contribution >= 0.6 is 0 Å². The lowest BCUT2D eigenvalue weighted by Crippen LogP contribution is -2.44. The molecule has 0 aliphatic heterocycles. The lowest BCUT2D eigenvalue weighted by molar-refractivity contribution is -0.138. The van der Waals surface area contributed by atoms with E-state index in [-0.39, 0.29) is 18.2 Å². The number of sulfone groups is 1. The molecular formula is C14H25NO5S. The first-order chi connectivity index (χ1) is 9.65. The van der Waals surface area contributed by atoms with Crippen LogP contribution < -0.4 is 5.32 Å². The number of carbonyl (C=O) groups is 2. The Morgan fingerprint density at radius 1 is 1.24 bits per heavy atom. The van der Waals surface area contributed by atoms with Gasteiger partial charge in [-0.3, -0.25) is 9.59 Å². The molecule has 0 radical (unpaired) electrons. The topological polar surface area (TPSA) is 101 Å². The minimum atomic E-state index is -3.64. The molecule has 1 saturated carbocycles. The molecular weight excluding hydrogens is 294 g/mol. The van der Waals surface area contributed by atoms with E-state index in [0.29, 0.717) is 12.8 Å². The van der Waals surface area contributed by atoms with Crippen LogP contribution in [0.5, 0.6) is 0 Å². The summed E-state index contributed by atoms with van der Waals surface area (Å²) in [5.41, 5.74) is -0.659. The van der Waals surface area contributed by atoms with Crippen LogP contribution in [0.15, 0.2) is 0 Å². The molecule has 0 heterocycles. The highest BCUT2D eigenvalue weighted by atomic mass is 32.2. The van der Waals surface area contributed by atoms with Gasteiger partial charge in [-0.1, -0.05) is 13.8 Å². The number of carbonyl (C=O) groups excluding carboxylic acids is 1. The van der Waals surface area contributed by atoms with Crippen LogP contribution in [0.4, 0.5) is 0 Å². The first-order valence-electron chi connectivity index (χ1n) is 7.39. The molecule has 21 heavy (non-hydrogen) atoms. The molecule has 1 atom stereocenters. The van der Waals surface area contributed by atoms with Crippen LogP contribution in [0, 0.1) is 5.41 Å². The Morgan fingerprint density at radius 2 is 1.76 bits per heavy atom. The van der Waals surface area contributed by atoms with Gasteiger partial charge in [-0.15, -0.1) is 0 Å². The van der Waals surface area contributed by atoms with E-state index in [0.717, 1.165) is 12.8 Å². The van der Waals surface area contributed by atoms with Gasteiger partial charge in [0.1, 0.15) is 5.25 Å². The van der Waals surface area contributed by atoms with Gasteiger partial charge in [0.2, 0.25) is 5.91 Å². The Bertz CT molecular complexity index is 491. The number of aliphatic carboxylic acids is 1. The van der Waals surface area contributed by atoms with Crippen molar-refractivity contribution in [3.63, 3.8) is 0 Å². The van der Waals surface area contributed by atoms with Gasteiger partial charge >= 0.3 is 5.97 Å². The number of rotatable bonds is 9. The van der Waals surface area contributed by atoms with E-state index in [1.54, 1.807) is 0 Å². The van der Waals surface area contributed by atoms with Gasteiger partial charge in [0, 0.05) is 6.04 Å². The molecule has 0 aromatic rings. The lowest BCUT2D eigenvalue weighted by atomic mass is 10.1. The van der Waals surface area contributed by atoms with Gasteiger partial charge in [0.15, 0.2) is 9.84 Å². The highest BCUT2D eigenvalue weighted by Crippen LogP contribution is 2.50. The van der Waals surface area contributed by atoms with Crippen LogP contribution in [-0.2, 0) is 19.4 Å². The SMILES string of the molecule is CCC(CC)NC(=O)C(C)S(=O)(=O)CC1(CC(=O)O)CC1. The van der Waals surface area contributed by atoms with Crippen LogP contribution in [0.2, 0.25) is 0 Å². The number of amides is 1. The fourth-order valence-corrected chi connectivity index (χ4v) is 4.28.